The van der Waals surface area contributed by atoms with Crippen molar-refractivity contribution in [3.8, 4) is 11.3 Å². The van der Waals surface area contributed by atoms with Crippen LogP contribution in [0.25, 0.3) is 11.3 Å². The highest BCUT2D eigenvalue weighted by molar-refractivity contribution is 7.89. The van der Waals surface area contributed by atoms with Crippen molar-refractivity contribution in [3.05, 3.63) is 77.7 Å². The molecule has 2 saturated heterocycles. The summed E-state index contributed by atoms with van der Waals surface area (Å²) in [5.41, 5.74) is -1.47. The zero-order chi connectivity index (χ0) is 42.3. The maximum Gasteiger partial charge on any atom is 0.419 e. The van der Waals surface area contributed by atoms with Crippen LogP contribution in [-0.4, -0.2) is 110 Å². The summed E-state index contributed by atoms with van der Waals surface area (Å²) >= 11 is 0. The van der Waals surface area contributed by atoms with Crippen molar-refractivity contribution in [3.63, 3.8) is 0 Å². The lowest BCUT2D eigenvalue weighted by Gasteiger charge is -2.31. The van der Waals surface area contributed by atoms with Crippen LogP contribution in [0.5, 0.6) is 0 Å². The van der Waals surface area contributed by atoms with Crippen LogP contribution in [0.3, 0.4) is 0 Å². The molecular weight excluding hydrogens is 798 g/mol. The number of nitrogens with zero attached hydrogens (tertiary/aromatic N) is 6. The lowest BCUT2D eigenvalue weighted by molar-refractivity contribution is -0.138. The van der Waals surface area contributed by atoms with E-state index >= 15 is 0 Å². The number of halogens is 3. The number of carbonyl (C=O) groups is 4. The van der Waals surface area contributed by atoms with Crippen molar-refractivity contribution < 1.29 is 45.9 Å². The molecule has 59 heavy (non-hydrogen) atoms. The van der Waals surface area contributed by atoms with Gasteiger partial charge >= 0.3 is 6.18 Å². The molecule has 0 radical (unpaired) electrons. The molecule has 2 aromatic carbocycles. The fourth-order valence-corrected chi connectivity index (χ4v) is 8.73. The van der Waals surface area contributed by atoms with Crippen molar-refractivity contribution >= 4 is 51.0 Å². The van der Waals surface area contributed by atoms with Crippen LogP contribution in [0, 0.1) is 0 Å². The van der Waals surface area contributed by atoms with Crippen LogP contribution in [0.4, 0.5) is 30.5 Å². The first-order valence-electron chi connectivity index (χ1n) is 18.8. The fraction of sp³-hybridized carbons (Fsp3) is 0.395. The molecule has 4 aromatic rings. The van der Waals surface area contributed by atoms with E-state index in [0.717, 1.165) is 4.90 Å². The number of carbonyl (C=O) groups excluding carboxylic acids is 4. The smallest absolute Gasteiger partial charge is 0.389 e. The summed E-state index contributed by atoms with van der Waals surface area (Å²) in [5.74, 6) is -2.50. The monoisotopic (exact) mass is 838 g/mol. The molecule has 4 amide bonds. The van der Waals surface area contributed by atoms with Crippen molar-refractivity contribution in [1.82, 2.24) is 39.6 Å². The standard InChI is InChI=1S/C38H41F3N10O7S/c1-37(2,56)21-49-20-22(18-45-49)32-27(38(39,40)41)19-44-36(48-32)46-24-6-8-25(9-7-24)59(57,58)50-16-12-23(13-17-50)42-14-15-43-28-5-3-4-26-31(28)35(55)51(34(26)54)29-10-11-30(52)47-33(29)53/h3-9,18-20,23,29,42-43,56H,10-17,21H2,1-2H3,(H,44,46,48)(H,47,52,53). The molecule has 3 aliphatic heterocycles. The number of piperidine rings is 2. The maximum absolute atomic E-state index is 13.9. The molecule has 312 valence electrons. The zero-order valence-electron chi connectivity index (χ0n) is 31.9. The van der Waals surface area contributed by atoms with Crippen molar-refractivity contribution in [1.29, 1.82) is 0 Å². The van der Waals surface area contributed by atoms with Crippen LogP contribution in [0.2, 0.25) is 0 Å². The minimum absolute atomic E-state index is 0.00651. The summed E-state index contributed by atoms with van der Waals surface area (Å²) in [7, 11) is -3.87. The van der Waals surface area contributed by atoms with Gasteiger partial charge in [0.05, 0.1) is 40.1 Å². The maximum atomic E-state index is 13.9. The van der Waals surface area contributed by atoms with Gasteiger partial charge in [-0.3, -0.25) is 34.1 Å². The van der Waals surface area contributed by atoms with Crippen LogP contribution < -0.4 is 21.3 Å². The largest absolute Gasteiger partial charge is 0.419 e. The van der Waals surface area contributed by atoms with Gasteiger partial charge in [-0.05, 0) is 69.5 Å². The molecule has 2 aromatic heterocycles. The first-order chi connectivity index (χ1) is 27.9. The number of aliphatic hydroxyl groups is 1. The van der Waals surface area contributed by atoms with Gasteiger partial charge in [-0.2, -0.15) is 22.6 Å². The lowest BCUT2D eigenvalue weighted by atomic mass is 10.0. The third-order valence-corrected chi connectivity index (χ3v) is 12.0. The number of fused-ring (bicyclic) bond motifs is 1. The van der Waals surface area contributed by atoms with E-state index in [1.165, 1.54) is 51.7 Å². The Morgan fingerprint density at radius 3 is 2.36 bits per heavy atom. The molecular formula is C38H41F3N10O7S. The number of rotatable bonds is 13. The second kappa shape index (κ2) is 16.1. The molecule has 5 heterocycles. The van der Waals surface area contributed by atoms with E-state index in [-0.39, 0.29) is 66.1 Å². The predicted octanol–water partition coefficient (Wildman–Crippen LogP) is 3.13. The molecule has 21 heteroatoms. The molecule has 0 saturated carbocycles. The number of hydrogen-bond donors (Lipinski definition) is 5. The van der Waals surface area contributed by atoms with E-state index in [1.807, 2.05) is 0 Å². The summed E-state index contributed by atoms with van der Waals surface area (Å²) in [5, 5.41) is 25.7. The number of amides is 4. The van der Waals surface area contributed by atoms with Gasteiger partial charge in [0, 0.05) is 68.0 Å². The summed E-state index contributed by atoms with van der Waals surface area (Å²) in [6, 6.07) is 9.48. The Balaban J connectivity index is 0.914. The van der Waals surface area contributed by atoms with E-state index in [2.05, 4.69) is 36.3 Å². The average molecular weight is 839 g/mol. The third kappa shape index (κ3) is 8.97. The number of anilines is 3. The van der Waals surface area contributed by atoms with E-state index in [0.29, 0.717) is 43.5 Å². The Hall–Kier alpha value is -5.77. The van der Waals surface area contributed by atoms with Crippen molar-refractivity contribution in [2.75, 3.05) is 36.8 Å². The highest BCUT2D eigenvalue weighted by Gasteiger charge is 2.45. The molecule has 3 aliphatic rings. The molecule has 1 unspecified atom stereocenters. The summed E-state index contributed by atoms with van der Waals surface area (Å²) in [4.78, 5) is 59.4. The van der Waals surface area contributed by atoms with Gasteiger partial charge in [0.1, 0.15) is 11.6 Å². The molecule has 7 rings (SSSR count). The molecule has 1 atom stereocenters. The Morgan fingerprint density at radius 1 is 0.949 bits per heavy atom. The van der Waals surface area contributed by atoms with Crippen molar-refractivity contribution in [2.45, 2.75) is 74.8 Å². The van der Waals surface area contributed by atoms with Gasteiger partial charge in [-0.25, -0.2) is 18.4 Å². The number of nitrogens with one attached hydrogen (secondary N) is 4. The second-order valence-electron chi connectivity index (χ2n) is 15.1. The predicted molar refractivity (Wildman–Crippen MR) is 206 cm³/mol. The molecule has 0 spiro atoms. The summed E-state index contributed by atoms with van der Waals surface area (Å²) < 4.78 is 71.4. The Labute approximate surface area is 336 Å². The second-order valence-corrected chi connectivity index (χ2v) is 17.0. The van der Waals surface area contributed by atoms with Gasteiger partial charge in [0.15, 0.2) is 0 Å². The quantitative estimate of drug-likeness (QED) is 0.0967. The van der Waals surface area contributed by atoms with Gasteiger partial charge < -0.3 is 21.1 Å². The number of aromatic nitrogens is 4. The number of sulfonamides is 1. The van der Waals surface area contributed by atoms with E-state index < -0.39 is 62.7 Å². The normalized spacial score (nSPS) is 18.3. The van der Waals surface area contributed by atoms with Gasteiger partial charge in [0.25, 0.3) is 11.8 Å². The number of hydrogen-bond acceptors (Lipinski definition) is 13. The first kappa shape index (κ1) is 41.4. The van der Waals surface area contributed by atoms with E-state index in [9.17, 15) is 45.9 Å². The summed E-state index contributed by atoms with van der Waals surface area (Å²) in [6.07, 6.45) is -0.402. The van der Waals surface area contributed by atoms with Gasteiger partial charge in [0.2, 0.25) is 27.8 Å². The highest BCUT2D eigenvalue weighted by atomic mass is 32.2. The lowest BCUT2D eigenvalue weighted by Crippen LogP contribution is -2.54. The van der Waals surface area contributed by atoms with E-state index in [4.69, 9.17) is 0 Å². The first-order valence-corrected chi connectivity index (χ1v) is 20.2. The number of alkyl halides is 3. The summed E-state index contributed by atoms with van der Waals surface area (Å²) in [6.45, 7) is 4.47. The third-order valence-electron chi connectivity index (χ3n) is 10.1. The Morgan fingerprint density at radius 2 is 1.68 bits per heavy atom. The highest BCUT2D eigenvalue weighted by Crippen LogP contribution is 2.37. The SMILES string of the molecule is CC(C)(O)Cn1cc(-c2nc(Nc3ccc(S(=O)(=O)N4CCC(NCCNc5cccc6c5C(=O)N(C5CCC(=O)NC5=O)C6=O)CC4)cc3)ncc2C(F)(F)F)cn1. The molecule has 17 nitrogen and oxygen atoms in total. The Bertz CT molecular complexity index is 2390. The molecule has 0 aliphatic carbocycles. The fourth-order valence-electron chi connectivity index (χ4n) is 7.26. The Kier molecular flexibility index (Phi) is 11.3. The minimum atomic E-state index is -4.76. The average Bonchev–Trinajstić information content (AvgIpc) is 3.74. The molecule has 0 bridgehead atoms. The van der Waals surface area contributed by atoms with Crippen LogP contribution in [0.1, 0.15) is 65.8 Å². The van der Waals surface area contributed by atoms with Crippen LogP contribution in [-0.2, 0) is 32.3 Å². The minimum Gasteiger partial charge on any atom is -0.389 e. The van der Waals surface area contributed by atoms with Crippen molar-refractivity contribution in [2.24, 2.45) is 0 Å². The zero-order valence-corrected chi connectivity index (χ0v) is 32.7. The molecule has 5 N–H and O–H groups in total. The van der Waals surface area contributed by atoms with Crippen LogP contribution in [0.15, 0.2) is 66.0 Å². The van der Waals surface area contributed by atoms with Gasteiger partial charge in [-0.15, -0.1) is 0 Å². The topological polar surface area (TPSA) is 221 Å². The van der Waals surface area contributed by atoms with E-state index in [1.54, 1.807) is 26.0 Å². The number of benzene rings is 2. The van der Waals surface area contributed by atoms with Gasteiger partial charge in [-0.1, -0.05) is 6.07 Å². The van der Waals surface area contributed by atoms with Crippen LogP contribution >= 0.6 is 0 Å². The molecule has 2 fully saturated rings. The number of imide groups is 2.